The quantitative estimate of drug-likeness (QED) is 0.450. The molecule has 4 rings (SSSR count). The number of aromatic nitrogens is 1. The van der Waals surface area contributed by atoms with Gasteiger partial charge in [-0.05, 0) is 55.5 Å². The second-order valence-corrected chi connectivity index (χ2v) is 6.68. The number of carbonyl (C=O) groups is 2. The first kappa shape index (κ1) is 20.5. The van der Waals surface area contributed by atoms with Crippen molar-refractivity contribution in [1.29, 1.82) is 0 Å². The molecule has 3 aromatic carbocycles. The van der Waals surface area contributed by atoms with Crippen molar-refractivity contribution in [3.8, 4) is 0 Å². The Balaban J connectivity index is 0.000000177. The van der Waals surface area contributed by atoms with Crippen LogP contribution in [0.2, 0.25) is 0 Å². The highest BCUT2D eigenvalue weighted by Crippen LogP contribution is 2.18. The first-order valence-corrected chi connectivity index (χ1v) is 9.31. The van der Waals surface area contributed by atoms with E-state index < -0.39 is 5.91 Å². The van der Waals surface area contributed by atoms with Gasteiger partial charge in [-0.1, -0.05) is 35.9 Å². The lowest BCUT2D eigenvalue weighted by Crippen LogP contribution is -2.12. The van der Waals surface area contributed by atoms with Crippen LogP contribution in [0.15, 0.2) is 85.1 Å². The summed E-state index contributed by atoms with van der Waals surface area (Å²) in [5.41, 5.74) is 15.2. The van der Waals surface area contributed by atoms with Crippen LogP contribution < -0.4 is 16.8 Å². The van der Waals surface area contributed by atoms with Gasteiger partial charge in [0.15, 0.2) is 0 Å². The molecule has 0 atom stereocenters. The smallest absolute Gasteiger partial charge is 0.255 e. The van der Waals surface area contributed by atoms with Crippen LogP contribution in [0.4, 0.5) is 11.4 Å². The molecule has 30 heavy (non-hydrogen) atoms. The fourth-order valence-corrected chi connectivity index (χ4v) is 2.74. The molecule has 6 heteroatoms. The first-order chi connectivity index (χ1) is 14.4. The van der Waals surface area contributed by atoms with Crippen molar-refractivity contribution in [3.05, 3.63) is 102 Å². The van der Waals surface area contributed by atoms with Gasteiger partial charge in [0.05, 0.1) is 16.9 Å². The molecular weight excluding hydrogens is 376 g/mol. The average Bonchev–Trinajstić information content (AvgIpc) is 2.76. The number of pyridine rings is 1. The SMILES string of the molecule is Cc1ccc(C(=O)Nc2ccccc2N)cc1.NC(=O)c1ccc2ncccc2c1. The Labute approximate surface area is 174 Å². The molecule has 0 saturated carbocycles. The Hall–Kier alpha value is -4.19. The van der Waals surface area contributed by atoms with Gasteiger partial charge in [-0.2, -0.15) is 0 Å². The Bertz CT molecular complexity index is 1190. The lowest BCUT2D eigenvalue weighted by molar-refractivity contribution is 0.0997. The van der Waals surface area contributed by atoms with Crippen LogP contribution in [0.3, 0.4) is 0 Å². The number of para-hydroxylation sites is 2. The highest BCUT2D eigenvalue weighted by Gasteiger charge is 2.06. The van der Waals surface area contributed by atoms with Crippen LogP contribution >= 0.6 is 0 Å². The number of nitrogens with zero attached hydrogens (tertiary/aromatic N) is 1. The minimum atomic E-state index is -0.411. The zero-order valence-electron chi connectivity index (χ0n) is 16.5. The van der Waals surface area contributed by atoms with E-state index in [4.69, 9.17) is 11.5 Å². The summed E-state index contributed by atoms with van der Waals surface area (Å²) in [6.07, 6.45) is 1.71. The van der Waals surface area contributed by atoms with Crippen molar-refractivity contribution in [2.24, 2.45) is 5.73 Å². The number of rotatable bonds is 3. The number of anilines is 2. The highest BCUT2D eigenvalue weighted by molar-refractivity contribution is 6.05. The number of aryl methyl sites for hydroxylation is 1. The maximum Gasteiger partial charge on any atom is 0.255 e. The number of nitrogens with two attached hydrogens (primary N) is 2. The number of benzene rings is 3. The van der Waals surface area contributed by atoms with Crippen LogP contribution in [0, 0.1) is 6.92 Å². The summed E-state index contributed by atoms with van der Waals surface area (Å²) in [5.74, 6) is -0.561. The third kappa shape index (κ3) is 5.20. The predicted octanol–water partition coefficient (Wildman–Crippen LogP) is 4.16. The summed E-state index contributed by atoms with van der Waals surface area (Å²) >= 11 is 0. The van der Waals surface area contributed by atoms with Crippen LogP contribution in [0.25, 0.3) is 10.9 Å². The van der Waals surface area contributed by atoms with Crippen molar-refractivity contribution in [2.45, 2.75) is 6.92 Å². The van der Waals surface area contributed by atoms with E-state index in [2.05, 4.69) is 10.3 Å². The van der Waals surface area contributed by atoms with Gasteiger partial charge in [0.25, 0.3) is 5.91 Å². The molecule has 0 unspecified atom stereocenters. The van der Waals surface area contributed by atoms with E-state index in [0.29, 0.717) is 22.5 Å². The van der Waals surface area contributed by atoms with Gasteiger partial charge in [0.1, 0.15) is 0 Å². The molecule has 0 bridgehead atoms. The number of hydrogen-bond acceptors (Lipinski definition) is 4. The Morgan fingerprint density at radius 3 is 2.27 bits per heavy atom. The highest BCUT2D eigenvalue weighted by atomic mass is 16.2. The minimum Gasteiger partial charge on any atom is -0.397 e. The van der Waals surface area contributed by atoms with Gasteiger partial charge < -0.3 is 16.8 Å². The van der Waals surface area contributed by atoms with E-state index >= 15 is 0 Å². The van der Waals surface area contributed by atoms with Gasteiger partial charge in [0, 0.05) is 22.7 Å². The Morgan fingerprint density at radius 1 is 0.867 bits per heavy atom. The maximum atomic E-state index is 11.9. The van der Waals surface area contributed by atoms with E-state index in [0.717, 1.165) is 16.5 Å². The normalized spacial score (nSPS) is 10.0. The molecule has 4 aromatic rings. The summed E-state index contributed by atoms with van der Waals surface area (Å²) < 4.78 is 0. The lowest BCUT2D eigenvalue weighted by atomic mass is 10.1. The Morgan fingerprint density at radius 2 is 1.57 bits per heavy atom. The van der Waals surface area contributed by atoms with Gasteiger partial charge >= 0.3 is 0 Å². The van der Waals surface area contributed by atoms with Crippen LogP contribution in [-0.4, -0.2) is 16.8 Å². The number of primary amides is 1. The van der Waals surface area contributed by atoms with Crippen molar-refractivity contribution in [2.75, 3.05) is 11.1 Å². The number of fused-ring (bicyclic) bond motifs is 1. The number of hydrogen-bond donors (Lipinski definition) is 3. The summed E-state index contributed by atoms with van der Waals surface area (Å²) in [5, 5.41) is 3.71. The third-order valence-corrected chi connectivity index (χ3v) is 4.41. The van der Waals surface area contributed by atoms with Crippen LogP contribution in [0.1, 0.15) is 26.3 Å². The van der Waals surface area contributed by atoms with Gasteiger partial charge in [0.2, 0.25) is 5.91 Å². The molecule has 2 amide bonds. The van der Waals surface area contributed by atoms with E-state index in [1.165, 1.54) is 0 Å². The molecule has 0 saturated heterocycles. The first-order valence-electron chi connectivity index (χ1n) is 9.31. The lowest BCUT2D eigenvalue weighted by Gasteiger charge is -2.07. The van der Waals surface area contributed by atoms with Gasteiger partial charge in [-0.25, -0.2) is 0 Å². The molecule has 0 aliphatic carbocycles. The van der Waals surface area contributed by atoms with Gasteiger partial charge in [-0.15, -0.1) is 0 Å². The minimum absolute atomic E-state index is 0.150. The standard InChI is InChI=1S/C14H14N2O.C10H8N2O/c1-10-6-8-11(9-7-10)14(17)16-13-5-3-2-4-12(13)15;11-10(13)8-3-4-9-7(6-8)2-1-5-12-9/h2-9H,15H2,1H3,(H,16,17);1-6H,(H2,11,13). The molecule has 0 spiro atoms. The molecule has 0 aliphatic heterocycles. The van der Waals surface area contributed by atoms with Crippen molar-refractivity contribution < 1.29 is 9.59 Å². The number of nitrogen functional groups attached to an aromatic ring is 1. The number of amides is 2. The van der Waals surface area contributed by atoms with E-state index in [1.54, 1.807) is 48.7 Å². The average molecular weight is 398 g/mol. The molecule has 6 nitrogen and oxygen atoms in total. The second kappa shape index (κ2) is 9.34. The molecule has 5 N–H and O–H groups in total. The Kier molecular flexibility index (Phi) is 6.39. The van der Waals surface area contributed by atoms with E-state index in [1.807, 2.05) is 43.3 Å². The monoisotopic (exact) mass is 398 g/mol. The maximum absolute atomic E-state index is 11.9. The van der Waals surface area contributed by atoms with Crippen molar-refractivity contribution in [3.63, 3.8) is 0 Å². The van der Waals surface area contributed by atoms with Crippen molar-refractivity contribution in [1.82, 2.24) is 4.98 Å². The summed E-state index contributed by atoms with van der Waals surface area (Å²) in [7, 11) is 0. The molecular formula is C24H22N4O2. The summed E-state index contributed by atoms with van der Waals surface area (Å²) in [6.45, 7) is 1.98. The third-order valence-electron chi connectivity index (χ3n) is 4.41. The van der Waals surface area contributed by atoms with Crippen LogP contribution in [0.5, 0.6) is 0 Å². The molecule has 150 valence electrons. The molecule has 1 aromatic heterocycles. The second-order valence-electron chi connectivity index (χ2n) is 6.68. The summed E-state index contributed by atoms with van der Waals surface area (Å²) in [6, 6.07) is 23.5. The number of carbonyl (C=O) groups excluding carboxylic acids is 2. The fourth-order valence-electron chi connectivity index (χ4n) is 2.74. The van der Waals surface area contributed by atoms with Crippen LogP contribution in [-0.2, 0) is 0 Å². The zero-order valence-corrected chi connectivity index (χ0v) is 16.5. The predicted molar refractivity (Wildman–Crippen MR) is 120 cm³/mol. The van der Waals surface area contributed by atoms with Crippen molar-refractivity contribution >= 4 is 34.1 Å². The molecule has 0 aliphatic rings. The fraction of sp³-hybridized carbons (Fsp3) is 0.0417. The molecule has 1 heterocycles. The largest absolute Gasteiger partial charge is 0.397 e. The topological polar surface area (TPSA) is 111 Å². The summed E-state index contributed by atoms with van der Waals surface area (Å²) in [4.78, 5) is 26.9. The zero-order chi connectivity index (χ0) is 21.5. The molecule has 0 fully saturated rings. The molecule has 0 radical (unpaired) electrons. The number of nitrogens with one attached hydrogen (secondary N) is 1. The van der Waals surface area contributed by atoms with E-state index in [-0.39, 0.29) is 5.91 Å². The van der Waals surface area contributed by atoms with Gasteiger partial charge in [-0.3, -0.25) is 14.6 Å². The van der Waals surface area contributed by atoms with E-state index in [9.17, 15) is 9.59 Å².